The molecule has 0 saturated carbocycles. The third-order valence-electron chi connectivity index (χ3n) is 2.47. The van der Waals surface area contributed by atoms with Crippen LogP contribution in [0.3, 0.4) is 0 Å². The maximum absolute atomic E-state index is 13.2. The fourth-order valence-electron chi connectivity index (χ4n) is 1.40. The first-order valence-electron chi connectivity index (χ1n) is 5.59. The molecule has 1 aromatic rings. The highest BCUT2D eigenvalue weighted by Crippen LogP contribution is 2.09. The first kappa shape index (κ1) is 15.0. The molecule has 1 aromatic carbocycles. The van der Waals surface area contributed by atoms with Crippen molar-refractivity contribution in [2.45, 2.75) is 25.4 Å². The number of amides is 1. The van der Waals surface area contributed by atoms with E-state index in [-0.39, 0.29) is 24.9 Å². The zero-order chi connectivity index (χ0) is 14.4. The highest BCUT2D eigenvalue weighted by Gasteiger charge is 2.15. The molecule has 0 bridgehead atoms. The Labute approximate surface area is 108 Å². The van der Waals surface area contributed by atoms with E-state index in [9.17, 15) is 18.4 Å². The number of hydrogen-bond donors (Lipinski definition) is 3. The Kier molecular flexibility index (Phi) is 5.37. The molecule has 0 aliphatic heterocycles. The van der Waals surface area contributed by atoms with Crippen LogP contribution in [0.4, 0.5) is 8.78 Å². The molecule has 104 valence electrons. The number of rotatable bonds is 6. The molecular weight excluding hydrogens is 258 g/mol. The van der Waals surface area contributed by atoms with Crippen molar-refractivity contribution in [1.82, 2.24) is 5.32 Å². The molecule has 1 amide bonds. The van der Waals surface area contributed by atoms with E-state index < -0.39 is 29.6 Å². The van der Waals surface area contributed by atoms with Crippen LogP contribution in [-0.2, 0) is 16.1 Å². The van der Waals surface area contributed by atoms with Gasteiger partial charge in [0.15, 0.2) is 0 Å². The lowest BCUT2D eigenvalue weighted by atomic mass is 10.1. The minimum absolute atomic E-state index is 0.00113. The topological polar surface area (TPSA) is 92.4 Å². The van der Waals surface area contributed by atoms with Crippen LogP contribution in [0.2, 0.25) is 0 Å². The molecule has 1 rings (SSSR count). The molecule has 0 aliphatic carbocycles. The average Bonchev–Trinajstić information content (AvgIpc) is 2.36. The molecule has 4 N–H and O–H groups in total. The van der Waals surface area contributed by atoms with Crippen molar-refractivity contribution in [3.8, 4) is 0 Å². The Balaban J connectivity index is 2.49. The molecule has 0 saturated heterocycles. The van der Waals surface area contributed by atoms with Crippen LogP contribution in [0.15, 0.2) is 18.2 Å². The summed E-state index contributed by atoms with van der Waals surface area (Å²) in [5.41, 5.74) is 5.45. The second-order valence-corrected chi connectivity index (χ2v) is 3.99. The lowest BCUT2D eigenvalue weighted by Gasteiger charge is -2.11. The summed E-state index contributed by atoms with van der Waals surface area (Å²) in [6.07, 6.45) is -0.254. The number of nitrogens with one attached hydrogen (secondary N) is 1. The van der Waals surface area contributed by atoms with Gasteiger partial charge in [0, 0.05) is 18.5 Å². The smallest absolute Gasteiger partial charge is 0.303 e. The number of carbonyl (C=O) groups is 2. The van der Waals surface area contributed by atoms with E-state index in [1.807, 2.05) is 0 Å². The van der Waals surface area contributed by atoms with Crippen LogP contribution < -0.4 is 11.1 Å². The number of hydrogen-bond acceptors (Lipinski definition) is 3. The van der Waals surface area contributed by atoms with Crippen molar-refractivity contribution in [1.29, 1.82) is 0 Å². The summed E-state index contributed by atoms with van der Waals surface area (Å²) in [4.78, 5) is 21.8. The summed E-state index contributed by atoms with van der Waals surface area (Å²) in [6, 6.07) is 1.91. The second-order valence-electron chi connectivity index (χ2n) is 3.99. The third-order valence-corrected chi connectivity index (χ3v) is 2.47. The molecular formula is C12H14F2N2O3. The zero-order valence-electron chi connectivity index (χ0n) is 10.0. The third kappa shape index (κ3) is 5.01. The Morgan fingerprint density at radius 2 is 2.05 bits per heavy atom. The van der Waals surface area contributed by atoms with Crippen molar-refractivity contribution in [2.24, 2.45) is 5.73 Å². The maximum atomic E-state index is 13.2. The minimum atomic E-state index is -1.06. The molecule has 5 nitrogen and oxygen atoms in total. The molecule has 0 aliphatic rings. The molecule has 0 heterocycles. The largest absolute Gasteiger partial charge is 0.481 e. The summed E-state index contributed by atoms with van der Waals surface area (Å²) in [6.45, 7) is -0.205. The van der Waals surface area contributed by atoms with E-state index >= 15 is 0 Å². The predicted molar refractivity (Wildman–Crippen MR) is 63.0 cm³/mol. The van der Waals surface area contributed by atoms with Gasteiger partial charge in [-0.1, -0.05) is 0 Å². The first-order chi connectivity index (χ1) is 8.90. The van der Waals surface area contributed by atoms with E-state index in [0.29, 0.717) is 0 Å². The number of nitrogens with two attached hydrogens (primary N) is 1. The monoisotopic (exact) mass is 272 g/mol. The van der Waals surface area contributed by atoms with E-state index in [1.165, 1.54) is 0 Å². The second kappa shape index (κ2) is 6.79. The fourth-order valence-corrected chi connectivity index (χ4v) is 1.40. The van der Waals surface area contributed by atoms with Gasteiger partial charge in [0.2, 0.25) is 5.91 Å². The molecule has 19 heavy (non-hydrogen) atoms. The lowest BCUT2D eigenvalue weighted by molar-refractivity contribution is -0.137. The number of aliphatic carboxylic acids is 1. The summed E-state index contributed by atoms with van der Waals surface area (Å²) < 4.78 is 26.1. The highest BCUT2D eigenvalue weighted by atomic mass is 19.1. The van der Waals surface area contributed by atoms with Gasteiger partial charge in [-0.05, 0) is 24.6 Å². The molecule has 1 atom stereocenters. The Bertz CT molecular complexity index is 480. The number of carbonyl (C=O) groups excluding carboxylic acids is 1. The normalized spacial score (nSPS) is 11.9. The van der Waals surface area contributed by atoms with Gasteiger partial charge < -0.3 is 16.2 Å². The highest BCUT2D eigenvalue weighted by molar-refractivity contribution is 5.82. The zero-order valence-corrected chi connectivity index (χ0v) is 10.0. The van der Waals surface area contributed by atoms with E-state index in [0.717, 1.165) is 18.2 Å². The van der Waals surface area contributed by atoms with Crippen molar-refractivity contribution >= 4 is 11.9 Å². The van der Waals surface area contributed by atoms with Crippen LogP contribution in [-0.4, -0.2) is 23.0 Å². The first-order valence-corrected chi connectivity index (χ1v) is 5.59. The van der Waals surface area contributed by atoms with E-state index in [2.05, 4.69) is 5.32 Å². The van der Waals surface area contributed by atoms with Gasteiger partial charge in [0.25, 0.3) is 0 Å². The van der Waals surface area contributed by atoms with Gasteiger partial charge >= 0.3 is 5.97 Å². The molecule has 0 radical (unpaired) electrons. The predicted octanol–water partition coefficient (Wildman–Crippen LogP) is 0.773. The summed E-state index contributed by atoms with van der Waals surface area (Å²) >= 11 is 0. The SMILES string of the molecule is NC(CCC(=O)O)C(=O)NCc1cc(F)ccc1F. The summed E-state index contributed by atoms with van der Waals surface area (Å²) in [7, 11) is 0. The van der Waals surface area contributed by atoms with Crippen LogP contribution in [0.5, 0.6) is 0 Å². The van der Waals surface area contributed by atoms with E-state index in [1.54, 1.807) is 0 Å². The van der Waals surface area contributed by atoms with Crippen LogP contribution >= 0.6 is 0 Å². The van der Waals surface area contributed by atoms with Crippen LogP contribution in [0, 0.1) is 11.6 Å². The maximum Gasteiger partial charge on any atom is 0.303 e. The number of halogens is 2. The van der Waals surface area contributed by atoms with Gasteiger partial charge in [0.05, 0.1) is 6.04 Å². The van der Waals surface area contributed by atoms with Crippen LogP contribution in [0.25, 0.3) is 0 Å². The van der Waals surface area contributed by atoms with Gasteiger partial charge in [-0.25, -0.2) is 8.78 Å². The minimum Gasteiger partial charge on any atom is -0.481 e. The van der Waals surface area contributed by atoms with Crippen molar-refractivity contribution in [3.63, 3.8) is 0 Å². The summed E-state index contributed by atoms with van der Waals surface area (Å²) in [5.74, 6) is -2.91. The van der Waals surface area contributed by atoms with Gasteiger partial charge in [0.1, 0.15) is 11.6 Å². The average molecular weight is 272 g/mol. The van der Waals surface area contributed by atoms with Crippen molar-refractivity contribution in [3.05, 3.63) is 35.4 Å². The number of benzene rings is 1. The lowest BCUT2D eigenvalue weighted by Crippen LogP contribution is -2.40. The van der Waals surface area contributed by atoms with Gasteiger partial charge in [-0.3, -0.25) is 9.59 Å². The molecule has 1 unspecified atom stereocenters. The Morgan fingerprint density at radius 1 is 1.37 bits per heavy atom. The van der Waals surface area contributed by atoms with E-state index in [4.69, 9.17) is 10.8 Å². The van der Waals surface area contributed by atoms with Gasteiger partial charge in [-0.15, -0.1) is 0 Å². The molecule has 0 aromatic heterocycles. The van der Waals surface area contributed by atoms with Gasteiger partial charge in [-0.2, -0.15) is 0 Å². The Hall–Kier alpha value is -2.02. The number of carboxylic acid groups (broad SMARTS) is 1. The number of carboxylic acids is 1. The van der Waals surface area contributed by atoms with Crippen LogP contribution in [0.1, 0.15) is 18.4 Å². The molecule has 0 fully saturated rings. The molecule has 0 spiro atoms. The van der Waals surface area contributed by atoms with Crippen molar-refractivity contribution in [2.75, 3.05) is 0 Å². The Morgan fingerprint density at radius 3 is 2.68 bits per heavy atom. The fraction of sp³-hybridized carbons (Fsp3) is 0.333. The summed E-state index contributed by atoms with van der Waals surface area (Å²) in [5, 5.41) is 10.8. The quantitative estimate of drug-likeness (QED) is 0.713. The van der Waals surface area contributed by atoms with Crippen molar-refractivity contribution < 1.29 is 23.5 Å². The molecule has 7 heteroatoms. The standard InChI is InChI=1S/C12H14F2N2O3/c13-8-1-2-9(14)7(5-8)6-16-12(19)10(15)3-4-11(17)18/h1-2,5,10H,3-4,6,15H2,(H,16,19)(H,17,18).